The molecule has 1 aromatic carbocycles. The van der Waals surface area contributed by atoms with Crippen LogP contribution in [0.2, 0.25) is 5.02 Å². The summed E-state index contributed by atoms with van der Waals surface area (Å²) in [6.45, 7) is 7.09. The lowest BCUT2D eigenvalue weighted by atomic mass is 10.00. The molecule has 32 heavy (non-hydrogen) atoms. The number of Topliss-reactive ketones (excluding diaryl/α,β-unsaturated/α-hetero) is 1. The van der Waals surface area contributed by atoms with Crippen LogP contribution in [-0.4, -0.2) is 49.8 Å². The van der Waals surface area contributed by atoms with E-state index in [0.717, 1.165) is 5.57 Å². The average molecular weight is 465 g/mol. The highest BCUT2D eigenvalue weighted by Crippen LogP contribution is 2.33. The molecule has 0 bridgehead atoms. The summed E-state index contributed by atoms with van der Waals surface area (Å²) in [5.74, 6) is -1.24. The van der Waals surface area contributed by atoms with Crippen molar-refractivity contribution in [1.82, 2.24) is 0 Å². The van der Waals surface area contributed by atoms with Crippen molar-refractivity contribution in [3.63, 3.8) is 0 Å². The van der Waals surface area contributed by atoms with Crippen molar-refractivity contribution >= 4 is 29.4 Å². The monoisotopic (exact) mass is 464 g/mol. The number of methoxy groups -OCH3 is 1. The Morgan fingerprint density at radius 2 is 1.97 bits per heavy atom. The molecule has 7 nitrogen and oxygen atoms in total. The Balaban J connectivity index is 2.05. The molecular weight excluding hydrogens is 436 g/mol. The first-order valence-electron chi connectivity index (χ1n) is 10.5. The molecule has 0 radical (unpaired) electrons. The average Bonchev–Trinajstić information content (AvgIpc) is 3.03. The summed E-state index contributed by atoms with van der Waals surface area (Å²) >= 11 is 6.27. The Morgan fingerprint density at radius 3 is 2.69 bits per heavy atom. The summed E-state index contributed by atoms with van der Waals surface area (Å²) in [4.78, 5) is 25.9. The Hall–Kier alpha value is -2.19. The zero-order chi connectivity index (χ0) is 23.5. The van der Waals surface area contributed by atoms with Crippen molar-refractivity contribution in [3.8, 4) is 5.75 Å². The largest absolute Gasteiger partial charge is 0.467 e. The highest BCUT2D eigenvalue weighted by atomic mass is 35.5. The van der Waals surface area contributed by atoms with Crippen LogP contribution >= 0.6 is 11.6 Å². The topological polar surface area (TPSA) is 80.3 Å². The summed E-state index contributed by atoms with van der Waals surface area (Å²) in [6.07, 6.45) is 4.24. The Bertz CT molecular complexity index is 935. The molecule has 0 unspecified atom stereocenters. The fourth-order valence-electron chi connectivity index (χ4n) is 3.65. The molecule has 0 spiro atoms. The van der Waals surface area contributed by atoms with Gasteiger partial charge in [-0.2, -0.15) is 0 Å². The van der Waals surface area contributed by atoms with Gasteiger partial charge in [-0.25, -0.2) is 4.79 Å². The van der Waals surface area contributed by atoms with Gasteiger partial charge in [0.25, 0.3) is 0 Å². The molecule has 0 aromatic heterocycles. The lowest BCUT2D eigenvalue weighted by Gasteiger charge is -2.19. The van der Waals surface area contributed by atoms with Crippen molar-refractivity contribution < 1.29 is 33.3 Å². The fraction of sp³-hybridized carbons (Fsp3) is 0.500. The standard InChI is InChI=1S/C24H29ClO7/c1-14-9-10-18(26)22-19(31-24(3,4)32-22)8-6-7-16-11-17(25)12-20(29-13-28-5)21(16)23(27)30-15(14)2/h6-7,9,11-12,15,19,22H,8,10,13H2,1-5H3/t15-,19-,22+/m0/s1. The van der Waals surface area contributed by atoms with Crippen molar-refractivity contribution in [1.29, 1.82) is 0 Å². The van der Waals surface area contributed by atoms with Gasteiger partial charge in [-0.3, -0.25) is 4.79 Å². The summed E-state index contributed by atoms with van der Waals surface area (Å²) in [5.41, 5.74) is 1.53. The van der Waals surface area contributed by atoms with Crippen LogP contribution in [0.5, 0.6) is 5.75 Å². The second-order valence-corrected chi connectivity index (χ2v) is 8.75. The molecule has 3 rings (SSSR count). The molecule has 1 fully saturated rings. The normalized spacial score (nSPS) is 25.9. The molecular formula is C24H29ClO7. The van der Waals surface area contributed by atoms with Gasteiger partial charge in [-0.1, -0.05) is 29.8 Å². The molecule has 8 heteroatoms. The number of allylic oxidation sites excluding steroid dienone is 1. The predicted octanol–water partition coefficient (Wildman–Crippen LogP) is 4.71. The molecule has 2 heterocycles. The minimum atomic E-state index is -0.861. The smallest absolute Gasteiger partial charge is 0.343 e. The first kappa shape index (κ1) is 24.5. The number of esters is 1. The molecule has 1 aromatic rings. The van der Waals surface area contributed by atoms with E-state index in [1.165, 1.54) is 7.11 Å². The molecule has 174 valence electrons. The number of hydrogen-bond donors (Lipinski definition) is 0. The number of ketones is 1. The fourth-order valence-corrected chi connectivity index (χ4v) is 3.87. The third-order valence-corrected chi connectivity index (χ3v) is 5.57. The summed E-state index contributed by atoms with van der Waals surface area (Å²) in [7, 11) is 1.49. The molecule has 0 N–H and O–H groups in total. The summed E-state index contributed by atoms with van der Waals surface area (Å²) in [5, 5.41) is 0.396. The third kappa shape index (κ3) is 5.78. The zero-order valence-electron chi connectivity index (χ0n) is 19.0. The highest BCUT2D eigenvalue weighted by Gasteiger charge is 2.43. The van der Waals surface area contributed by atoms with Crippen LogP contribution in [0.4, 0.5) is 0 Å². The number of cyclic esters (lactones) is 1. The van der Waals surface area contributed by atoms with Crippen LogP contribution in [0.15, 0.2) is 29.9 Å². The van der Waals surface area contributed by atoms with Crippen LogP contribution in [-0.2, 0) is 23.7 Å². The van der Waals surface area contributed by atoms with Crippen LogP contribution in [0.3, 0.4) is 0 Å². The second-order valence-electron chi connectivity index (χ2n) is 8.32. The molecule has 3 atom stereocenters. The SMILES string of the molecule is COCOc1cc(Cl)cc2c1C(=O)O[C@@H](C)C(C)=CCC(=O)[C@H]1OC(C)(C)O[C@H]1CC=C2. The van der Waals surface area contributed by atoms with Gasteiger partial charge in [-0.05, 0) is 57.4 Å². The van der Waals surface area contributed by atoms with Gasteiger partial charge in [-0.15, -0.1) is 0 Å². The van der Waals surface area contributed by atoms with Gasteiger partial charge in [0.05, 0.1) is 6.10 Å². The number of benzene rings is 1. The number of carbonyl (C=O) groups excluding carboxylic acids is 2. The first-order chi connectivity index (χ1) is 15.1. The number of hydrogen-bond acceptors (Lipinski definition) is 7. The van der Waals surface area contributed by atoms with E-state index >= 15 is 0 Å². The number of halogens is 1. The highest BCUT2D eigenvalue weighted by molar-refractivity contribution is 6.31. The summed E-state index contributed by atoms with van der Waals surface area (Å²) < 4.78 is 28.1. The molecule has 2 aliphatic rings. The van der Waals surface area contributed by atoms with Gasteiger partial charge in [0.2, 0.25) is 0 Å². The van der Waals surface area contributed by atoms with Gasteiger partial charge in [0, 0.05) is 18.6 Å². The van der Waals surface area contributed by atoms with E-state index in [9.17, 15) is 9.59 Å². The van der Waals surface area contributed by atoms with Crippen molar-refractivity contribution in [3.05, 3.63) is 46.0 Å². The van der Waals surface area contributed by atoms with Gasteiger partial charge < -0.3 is 23.7 Å². The van der Waals surface area contributed by atoms with Crippen molar-refractivity contribution in [2.45, 2.75) is 64.6 Å². The zero-order valence-corrected chi connectivity index (χ0v) is 19.7. The number of carbonyl (C=O) groups is 2. The van der Waals surface area contributed by atoms with E-state index in [1.54, 1.807) is 45.1 Å². The maximum absolute atomic E-state index is 13.1. The molecule has 0 amide bonds. The van der Waals surface area contributed by atoms with Crippen LogP contribution < -0.4 is 4.74 Å². The van der Waals surface area contributed by atoms with E-state index in [4.69, 9.17) is 35.3 Å². The Labute approximate surface area is 193 Å². The van der Waals surface area contributed by atoms with Gasteiger partial charge in [0.1, 0.15) is 23.5 Å². The Morgan fingerprint density at radius 1 is 1.22 bits per heavy atom. The van der Waals surface area contributed by atoms with Gasteiger partial charge >= 0.3 is 5.97 Å². The Kier molecular flexibility index (Phi) is 7.77. The lowest BCUT2D eigenvalue weighted by molar-refractivity contribution is -0.154. The van der Waals surface area contributed by atoms with E-state index in [0.29, 0.717) is 17.0 Å². The quantitative estimate of drug-likeness (QED) is 0.364. The number of rotatable bonds is 3. The molecule has 0 aliphatic carbocycles. The van der Waals surface area contributed by atoms with Crippen LogP contribution in [0.1, 0.15) is 56.5 Å². The van der Waals surface area contributed by atoms with Crippen molar-refractivity contribution in [2.24, 2.45) is 0 Å². The van der Waals surface area contributed by atoms with E-state index in [2.05, 4.69) is 0 Å². The minimum Gasteiger partial charge on any atom is -0.467 e. The summed E-state index contributed by atoms with van der Waals surface area (Å²) in [6, 6.07) is 3.21. The number of ether oxygens (including phenoxy) is 5. The molecule has 0 saturated carbocycles. The van der Waals surface area contributed by atoms with Crippen LogP contribution in [0, 0.1) is 0 Å². The minimum absolute atomic E-state index is 0.0512. The maximum Gasteiger partial charge on any atom is 0.343 e. The number of fused-ring (bicyclic) bond motifs is 2. The van der Waals surface area contributed by atoms with Crippen molar-refractivity contribution in [2.75, 3.05) is 13.9 Å². The molecule has 1 saturated heterocycles. The van der Waals surface area contributed by atoms with Gasteiger partial charge in [0.15, 0.2) is 18.4 Å². The van der Waals surface area contributed by atoms with Crippen LogP contribution in [0.25, 0.3) is 6.08 Å². The maximum atomic E-state index is 13.1. The predicted molar refractivity (Wildman–Crippen MR) is 120 cm³/mol. The van der Waals surface area contributed by atoms with E-state index in [-0.39, 0.29) is 30.3 Å². The lowest BCUT2D eigenvalue weighted by Crippen LogP contribution is -2.31. The molecule has 2 aliphatic heterocycles. The van der Waals surface area contributed by atoms with E-state index in [1.807, 2.05) is 13.0 Å². The second kappa shape index (κ2) is 10.2. The first-order valence-corrected chi connectivity index (χ1v) is 10.9. The van der Waals surface area contributed by atoms with E-state index < -0.39 is 30.1 Å². The third-order valence-electron chi connectivity index (χ3n) is 5.35.